The molecule has 1 atom stereocenters. The molecule has 84 valence electrons. The summed E-state index contributed by atoms with van der Waals surface area (Å²) < 4.78 is 13.2. The summed E-state index contributed by atoms with van der Waals surface area (Å²) in [6.07, 6.45) is 3.08. The van der Waals surface area contributed by atoms with Crippen molar-refractivity contribution in [3.63, 3.8) is 0 Å². The number of hydrogen-bond acceptors (Lipinski definition) is 1. The first-order chi connectivity index (χ1) is 8.25. The van der Waals surface area contributed by atoms with Crippen molar-refractivity contribution in [2.45, 2.75) is 6.10 Å². The summed E-state index contributed by atoms with van der Waals surface area (Å²) in [6.45, 7) is 0. The molecule has 2 aromatic rings. The van der Waals surface area contributed by atoms with E-state index in [1.165, 1.54) is 12.1 Å². The lowest BCUT2D eigenvalue weighted by molar-refractivity contribution is 0.219. The molecule has 0 aliphatic heterocycles. The highest BCUT2D eigenvalue weighted by molar-refractivity contribution is 5.76. The van der Waals surface area contributed by atoms with Crippen LogP contribution in [-0.2, 0) is 0 Å². The van der Waals surface area contributed by atoms with Crippen LogP contribution < -0.4 is 0 Å². The van der Waals surface area contributed by atoms with Gasteiger partial charge in [-0.3, -0.25) is 0 Å². The summed E-state index contributed by atoms with van der Waals surface area (Å²) in [5.41, 5.74) is 3.26. The highest BCUT2D eigenvalue weighted by atomic mass is 19.1. The van der Waals surface area contributed by atoms with E-state index in [1.54, 1.807) is 6.07 Å². The van der Waals surface area contributed by atoms with Crippen LogP contribution in [0.5, 0.6) is 0 Å². The molecule has 0 heterocycles. The van der Waals surface area contributed by atoms with Crippen molar-refractivity contribution in [3.8, 4) is 0 Å². The van der Waals surface area contributed by atoms with Crippen molar-refractivity contribution in [2.75, 3.05) is 0 Å². The molecule has 2 aromatic carbocycles. The van der Waals surface area contributed by atoms with Gasteiger partial charge in [-0.1, -0.05) is 42.5 Å². The molecule has 1 nitrogen and oxygen atoms in total. The van der Waals surface area contributed by atoms with Gasteiger partial charge in [-0.2, -0.15) is 0 Å². The lowest BCUT2D eigenvalue weighted by Gasteiger charge is -2.14. The van der Waals surface area contributed by atoms with E-state index in [0.29, 0.717) is 5.56 Å². The van der Waals surface area contributed by atoms with E-state index in [-0.39, 0.29) is 5.82 Å². The van der Waals surface area contributed by atoms with Gasteiger partial charge < -0.3 is 5.11 Å². The first-order valence-corrected chi connectivity index (χ1v) is 5.50. The van der Waals surface area contributed by atoms with Gasteiger partial charge in [-0.05, 0) is 34.4 Å². The number of halogens is 1. The van der Waals surface area contributed by atoms with Crippen LogP contribution in [0.4, 0.5) is 4.39 Å². The molecule has 0 spiro atoms. The molecule has 0 saturated carbocycles. The van der Waals surface area contributed by atoms with Gasteiger partial charge in [0.25, 0.3) is 0 Å². The SMILES string of the molecule is OC1c2ccccc2C=Cc2ccc(F)cc21. The van der Waals surface area contributed by atoms with Crippen molar-refractivity contribution >= 4 is 12.2 Å². The molecule has 0 fully saturated rings. The second-order valence-electron chi connectivity index (χ2n) is 4.14. The predicted octanol–water partition coefficient (Wildman–Crippen LogP) is 3.39. The Morgan fingerprint density at radius 2 is 1.59 bits per heavy atom. The van der Waals surface area contributed by atoms with Crippen LogP contribution in [0.25, 0.3) is 12.2 Å². The number of benzene rings is 2. The minimum atomic E-state index is -0.771. The number of aliphatic hydroxyl groups excluding tert-OH is 1. The van der Waals surface area contributed by atoms with Crippen LogP contribution in [-0.4, -0.2) is 5.11 Å². The molecule has 1 N–H and O–H groups in total. The minimum Gasteiger partial charge on any atom is -0.384 e. The Labute approximate surface area is 98.8 Å². The Morgan fingerprint density at radius 1 is 0.882 bits per heavy atom. The zero-order valence-electron chi connectivity index (χ0n) is 9.10. The van der Waals surface area contributed by atoms with E-state index in [4.69, 9.17) is 0 Å². The van der Waals surface area contributed by atoms with E-state index in [0.717, 1.165) is 16.7 Å². The maximum Gasteiger partial charge on any atom is 0.123 e. The van der Waals surface area contributed by atoms with Crippen LogP contribution in [0.15, 0.2) is 42.5 Å². The van der Waals surface area contributed by atoms with Gasteiger partial charge in [0.15, 0.2) is 0 Å². The molecule has 17 heavy (non-hydrogen) atoms. The van der Waals surface area contributed by atoms with E-state index in [2.05, 4.69) is 0 Å². The summed E-state index contributed by atoms with van der Waals surface area (Å²) in [5, 5.41) is 10.3. The Hall–Kier alpha value is -1.93. The summed E-state index contributed by atoms with van der Waals surface area (Å²) in [7, 11) is 0. The topological polar surface area (TPSA) is 20.2 Å². The highest BCUT2D eigenvalue weighted by Crippen LogP contribution is 2.32. The van der Waals surface area contributed by atoms with Gasteiger partial charge in [0.1, 0.15) is 11.9 Å². The number of hydrogen-bond donors (Lipinski definition) is 1. The van der Waals surface area contributed by atoms with Crippen molar-refractivity contribution in [2.24, 2.45) is 0 Å². The van der Waals surface area contributed by atoms with Crippen molar-refractivity contribution < 1.29 is 9.50 Å². The average Bonchev–Trinajstić information content (AvgIpc) is 2.49. The van der Waals surface area contributed by atoms with Gasteiger partial charge in [0, 0.05) is 0 Å². The third kappa shape index (κ3) is 1.67. The van der Waals surface area contributed by atoms with E-state index >= 15 is 0 Å². The van der Waals surface area contributed by atoms with Crippen molar-refractivity contribution in [3.05, 3.63) is 70.5 Å². The van der Waals surface area contributed by atoms with Crippen molar-refractivity contribution in [1.82, 2.24) is 0 Å². The normalized spacial score (nSPS) is 17.2. The fraction of sp³-hybridized carbons (Fsp3) is 0.0667. The van der Waals surface area contributed by atoms with Crippen LogP contribution in [0.3, 0.4) is 0 Å². The second-order valence-corrected chi connectivity index (χ2v) is 4.14. The van der Waals surface area contributed by atoms with Gasteiger partial charge >= 0.3 is 0 Å². The van der Waals surface area contributed by atoms with Crippen LogP contribution in [0.1, 0.15) is 28.4 Å². The van der Waals surface area contributed by atoms with Gasteiger partial charge in [0.2, 0.25) is 0 Å². The standard InChI is InChI=1S/C15H11FO/c16-12-8-7-11-6-5-10-3-1-2-4-13(10)15(17)14(11)9-12/h1-9,15,17H. The Bertz CT molecular complexity index is 602. The maximum absolute atomic E-state index is 13.2. The molecule has 1 unspecified atom stereocenters. The smallest absolute Gasteiger partial charge is 0.123 e. The number of rotatable bonds is 0. The largest absolute Gasteiger partial charge is 0.384 e. The first kappa shape index (κ1) is 10.2. The highest BCUT2D eigenvalue weighted by Gasteiger charge is 2.18. The number of aliphatic hydroxyl groups is 1. The van der Waals surface area contributed by atoms with Crippen molar-refractivity contribution in [1.29, 1.82) is 0 Å². The van der Waals surface area contributed by atoms with Gasteiger partial charge in [0.05, 0.1) is 0 Å². The van der Waals surface area contributed by atoms with Gasteiger partial charge in [-0.25, -0.2) is 4.39 Å². The minimum absolute atomic E-state index is 0.324. The third-order valence-electron chi connectivity index (χ3n) is 3.08. The number of fused-ring (bicyclic) bond motifs is 2. The monoisotopic (exact) mass is 226 g/mol. The van der Waals surface area contributed by atoms with Gasteiger partial charge in [-0.15, -0.1) is 0 Å². The first-order valence-electron chi connectivity index (χ1n) is 5.50. The Kier molecular flexibility index (Phi) is 2.30. The molecular formula is C15H11FO. The molecule has 0 radical (unpaired) electrons. The van der Waals surface area contributed by atoms with Crippen LogP contribution in [0.2, 0.25) is 0 Å². The molecule has 1 aliphatic rings. The predicted molar refractivity (Wildman–Crippen MR) is 65.8 cm³/mol. The average molecular weight is 226 g/mol. The van der Waals surface area contributed by atoms with E-state index in [9.17, 15) is 9.50 Å². The molecule has 0 bridgehead atoms. The lowest BCUT2D eigenvalue weighted by Crippen LogP contribution is -2.02. The summed E-state index contributed by atoms with van der Waals surface area (Å²) in [4.78, 5) is 0. The summed E-state index contributed by atoms with van der Waals surface area (Å²) in [5.74, 6) is -0.324. The van der Waals surface area contributed by atoms with Crippen LogP contribution in [0, 0.1) is 5.82 Å². The molecule has 3 rings (SSSR count). The maximum atomic E-state index is 13.2. The Morgan fingerprint density at radius 3 is 2.41 bits per heavy atom. The lowest BCUT2D eigenvalue weighted by atomic mass is 9.97. The van der Waals surface area contributed by atoms with E-state index in [1.807, 2.05) is 36.4 Å². The summed E-state index contributed by atoms with van der Waals surface area (Å²) >= 11 is 0. The quantitative estimate of drug-likeness (QED) is 0.730. The fourth-order valence-corrected chi connectivity index (χ4v) is 2.19. The molecular weight excluding hydrogens is 215 g/mol. The molecule has 2 heteroatoms. The molecule has 0 amide bonds. The molecule has 1 aliphatic carbocycles. The van der Waals surface area contributed by atoms with Crippen LogP contribution >= 0.6 is 0 Å². The Balaban J connectivity index is 2.25. The molecule has 0 aromatic heterocycles. The molecule has 0 saturated heterocycles. The third-order valence-corrected chi connectivity index (χ3v) is 3.08. The second kappa shape index (κ2) is 3.82. The zero-order chi connectivity index (χ0) is 11.8. The summed E-state index contributed by atoms with van der Waals surface area (Å²) in [6, 6.07) is 12.1. The zero-order valence-corrected chi connectivity index (χ0v) is 9.10. The fourth-order valence-electron chi connectivity index (χ4n) is 2.19. The van der Waals surface area contributed by atoms with E-state index < -0.39 is 6.10 Å².